The molecule has 20 heavy (non-hydrogen) atoms. The van der Waals surface area contributed by atoms with Crippen molar-refractivity contribution in [2.24, 2.45) is 0 Å². The molecule has 2 rings (SSSR count). The lowest BCUT2D eigenvalue weighted by molar-refractivity contribution is 0.585. The summed E-state index contributed by atoms with van der Waals surface area (Å²) in [5.41, 5.74) is 1.48. The smallest absolute Gasteiger partial charge is 0.156 e. The van der Waals surface area contributed by atoms with E-state index in [1.165, 1.54) is 12.1 Å². The standard InChI is InChI=1S/C15H20FNO2S/c1-10(2)17-8-12(9-20(18,19)11(3)4)14-6-5-13(16)7-15(14)17/h5-8,10-11H,9H2,1-4H3. The topological polar surface area (TPSA) is 39.1 Å². The molecule has 0 fully saturated rings. The Morgan fingerprint density at radius 2 is 1.85 bits per heavy atom. The molecule has 0 spiro atoms. The average molecular weight is 297 g/mol. The van der Waals surface area contributed by atoms with Crippen LogP contribution in [0.1, 0.15) is 39.3 Å². The fourth-order valence-corrected chi connectivity index (χ4v) is 3.22. The average Bonchev–Trinajstić information content (AvgIpc) is 2.66. The van der Waals surface area contributed by atoms with E-state index in [0.29, 0.717) is 0 Å². The van der Waals surface area contributed by atoms with Gasteiger partial charge in [0, 0.05) is 17.6 Å². The predicted molar refractivity (Wildman–Crippen MR) is 80.0 cm³/mol. The molecule has 0 saturated carbocycles. The van der Waals surface area contributed by atoms with Crippen LogP contribution in [0, 0.1) is 5.82 Å². The van der Waals surface area contributed by atoms with E-state index in [1.807, 2.05) is 24.6 Å². The Balaban J connectivity index is 2.61. The van der Waals surface area contributed by atoms with Crippen LogP contribution in [0.2, 0.25) is 0 Å². The van der Waals surface area contributed by atoms with Gasteiger partial charge in [-0.25, -0.2) is 12.8 Å². The molecule has 0 aliphatic heterocycles. The van der Waals surface area contributed by atoms with Crippen LogP contribution in [0.4, 0.5) is 4.39 Å². The van der Waals surface area contributed by atoms with Gasteiger partial charge in [-0.2, -0.15) is 0 Å². The molecule has 5 heteroatoms. The van der Waals surface area contributed by atoms with E-state index in [9.17, 15) is 12.8 Å². The molecule has 1 aromatic carbocycles. The van der Waals surface area contributed by atoms with Crippen LogP contribution in [0.15, 0.2) is 24.4 Å². The van der Waals surface area contributed by atoms with Crippen LogP contribution in [0.3, 0.4) is 0 Å². The van der Waals surface area contributed by atoms with Crippen molar-refractivity contribution >= 4 is 20.7 Å². The maximum atomic E-state index is 13.4. The zero-order chi connectivity index (χ0) is 15.1. The Morgan fingerprint density at radius 3 is 2.40 bits per heavy atom. The lowest BCUT2D eigenvalue weighted by Crippen LogP contribution is -2.15. The monoisotopic (exact) mass is 297 g/mol. The fourth-order valence-electron chi connectivity index (χ4n) is 2.22. The van der Waals surface area contributed by atoms with Crippen LogP contribution in [-0.4, -0.2) is 18.2 Å². The highest BCUT2D eigenvalue weighted by atomic mass is 32.2. The minimum atomic E-state index is -3.17. The number of rotatable bonds is 4. The minimum Gasteiger partial charge on any atom is -0.345 e. The Kier molecular flexibility index (Phi) is 3.91. The van der Waals surface area contributed by atoms with E-state index in [1.54, 1.807) is 19.9 Å². The number of aromatic nitrogens is 1. The van der Waals surface area contributed by atoms with Crippen LogP contribution >= 0.6 is 0 Å². The maximum absolute atomic E-state index is 13.4. The van der Waals surface area contributed by atoms with Crippen molar-refractivity contribution in [2.75, 3.05) is 0 Å². The molecule has 3 nitrogen and oxygen atoms in total. The van der Waals surface area contributed by atoms with Gasteiger partial charge >= 0.3 is 0 Å². The fraction of sp³-hybridized carbons (Fsp3) is 0.467. The molecule has 0 unspecified atom stereocenters. The first-order valence-corrected chi connectivity index (χ1v) is 8.44. The number of sulfone groups is 1. The normalized spacial score (nSPS) is 12.8. The largest absolute Gasteiger partial charge is 0.345 e. The maximum Gasteiger partial charge on any atom is 0.156 e. The molecule has 0 amide bonds. The van der Waals surface area contributed by atoms with Gasteiger partial charge in [-0.1, -0.05) is 0 Å². The summed E-state index contributed by atoms with van der Waals surface area (Å²) in [5.74, 6) is -0.317. The van der Waals surface area contributed by atoms with Gasteiger partial charge in [0.2, 0.25) is 0 Å². The van der Waals surface area contributed by atoms with Crippen molar-refractivity contribution < 1.29 is 12.8 Å². The van der Waals surface area contributed by atoms with E-state index in [0.717, 1.165) is 16.5 Å². The van der Waals surface area contributed by atoms with Gasteiger partial charge in [0.25, 0.3) is 0 Å². The van der Waals surface area contributed by atoms with E-state index < -0.39 is 15.1 Å². The van der Waals surface area contributed by atoms with Crippen molar-refractivity contribution in [2.45, 2.75) is 44.7 Å². The highest BCUT2D eigenvalue weighted by Gasteiger charge is 2.20. The molecule has 0 aliphatic rings. The molecule has 0 radical (unpaired) electrons. The predicted octanol–water partition coefficient (Wildman–Crippen LogP) is 3.68. The Bertz CT molecular complexity index is 730. The van der Waals surface area contributed by atoms with Gasteiger partial charge in [0.15, 0.2) is 9.84 Å². The van der Waals surface area contributed by atoms with E-state index in [4.69, 9.17) is 0 Å². The van der Waals surface area contributed by atoms with Crippen molar-refractivity contribution in [1.29, 1.82) is 0 Å². The van der Waals surface area contributed by atoms with Crippen molar-refractivity contribution in [3.63, 3.8) is 0 Å². The Labute approximate surface area is 119 Å². The Morgan fingerprint density at radius 1 is 1.20 bits per heavy atom. The molecule has 0 N–H and O–H groups in total. The van der Waals surface area contributed by atoms with Crippen molar-refractivity contribution in [3.8, 4) is 0 Å². The summed E-state index contributed by atoms with van der Waals surface area (Å²) < 4.78 is 39.6. The third kappa shape index (κ3) is 2.73. The molecular weight excluding hydrogens is 277 g/mol. The second kappa shape index (κ2) is 5.20. The SMILES string of the molecule is CC(C)n1cc(CS(=O)(=O)C(C)C)c2ccc(F)cc21. The third-order valence-electron chi connectivity index (χ3n) is 3.51. The van der Waals surface area contributed by atoms with Gasteiger partial charge in [0.1, 0.15) is 5.82 Å². The number of hydrogen-bond donors (Lipinski definition) is 0. The first-order valence-electron chi connectivity index (χ1n) is 6.73. The summed E-state index contributed by atoms with van der Waals surface area (Å²) in [4.78, 5) is 0. The highest BCUT2D eigenvalue weighted by molar-refractivity contribution is 7.91. The second-order valence-corrected chi connectivity index (χ2v) is 8.23. The van der Waals surface area contributed by atoms with Crippen molar-refractivity contribution in [3.05, 3.63) is 35.8 Å². The molecule has 1 aromatic heterocycles. The summed E-state index contributed by atoms with van der Waals surface area (Å²) in [7, 11) is -3.17. The number of hydrogen-bond acceptors (Lipinski definition) is 2. The molecule has 0 aliphatic carbocycles. The van der Waals surface area contributed by atoms with Crippen molar-refractivity contribution in [1.82, 2.24) is 4.57 Å². The summed E-state index contributed by atoms with van der Waals surface area (Å²) in [6.45, 7) is 7.34. The lowest BCUT2D eigenvalue weighted by atomic mass is 10.2. The molecule has 1 heterocycles. The second-order valence-electron chi connectivity index (χ2n) is 5.67. The summed E-state index contributed by atoms with van der Waals surface area (Å²) >= 11 is 0. The quantitative estimate of drug-likeness (QED) is 0.863. The zero-order valence-corrected chi connectivity index (χ0v) is 13.0. The minimum absolute atomic E-state index is 0.00742. The number of halogens is 1. The summed E-state index contributed by atoms with van der Waals surface area (Å²) in [6, 6.07) is 4.64. The van der Waals surface area contributed by atoms with Gasteiger partial charge in [0.05, 0.1) is 16.5 Å². The molecule has 0 bridgehead atoms. The van der Waals surface area contributed by atoms with Crippen LogP contribution in [0.25, 0.3) is 10.9 Å². The van der Waals surface area contributed by atoms with E-state index >= 15 is 0 Å². The van der Waals surface area contributed by atoms with E-state index in [-0.39, 0.29) is 17.6 Å². The van der Waals surface area contributed by atoms with E-state index in [2.05, 4.69) is 0 Å². The molecule has 0 atom stereocenters. The number of fused-ring (bicyclic) bond motifs is 1. The lowest BCUT2D eigenvalue weighted by Gasteiger charge is -2.08. The molecular formula is C15H20FNO2S. The summed E-state index contributed by atoms with van der Waals surface area (Å²) in [6.07, 6.45) is 1.83. The first kappa shape index (κ1) is 15.0. The van der Waals surface area contributed by atoms with Gasteiger partial charge in [-0.05, 0) is 51.5 Å². The zero-order valence-electron chi connectivity index (χ0n) is 12.2. The Hall–Kier alpha value is -1.36. The number of nitrogens with zero attached hydrogens (tertiary/aromatic N) is 1. The molecule has 110 valence electrons. The molecule has 0 saturated heterocycles. The van der Waals surface area contributed by atoms with Gasteiger partial charge in [-0.3, -0.25) is 0 Å². The van der Waals surface area contributed by atoms with Gasteiger partial charge in [-0.15, -0.1) is 0 Å². The van der Waals surface area contributed by atoms with Crippen LogP contribution in [0.5, 0.6) is 0 Å². The highest BCUT2D eigenvalue weighted by Crippen LogP contribution is 2.27. The number of benzene rings is 1. The van der Waals surface area contributed by atoms with Crippen LogP contribution < -0.4 is 0 Å². The molecule has 2 aromatic rings. The summed E-state index contributed by atoms with van der Waals surface area (Å²) in [5, 5.41) is 0.393. The third-order valence-corrected chi connectivity index (χ3v) is 5.66. The van der Waals surface area contributed by atoms with Gasteiger partial charge < -0.3 is 4.57 Å². The van der Waals surface area contributed by atoms with Crippen LogP contribution in [-0.2, 0) is 15.6 Å². The first-order chi connectivity index (χ1) is 9.22.